The van der Waals surface area contributed by atoms with Crippen LogP contribution in [-0.4, -0.2) is 4.57 Å². The lowest BCUT2D eigenvalue weighted by Gasteiger charge is -2.28. The number of anilines is 3. The van der Waals surface area contributed by atoms with Crippen LogP contribution in [0.1, 0.15) is 30.5 Å². The van der Waals surface area contributed by atoms with Crippen molar-refractivity contribution in [3.05, 3.63) is 180 Å². The summed E-state index contributed by atoms with van der Waals surface area (Å²) in [6, 6.07) is 60.2. The van der Waals surface area contributed by atoms with Crippen molar-refractivity contribution in [2.24, 2.45) is 0 Å². The van der Waals surface area contributed by atoms with E-state index in [2.05, 4.69) is 194 Å². The van der Waals surface area contributed by atoms with Crippen LogP contribution in [0.5, 0.6) is 0 Å². The number of aromatic nitrogens is 1. The van der Waals surface area contributed by atoms with Gasteiger partial charge in [0.2, 0.25) is 0 Å². The molecule has 1 aliphatic rings. The second-order valence-corrected chi connectivity index (χ2v) is 15.3. The molecule has 0 fully saturated rings. The molecule has 0 unspecified atom stereocenters. The zero-order valence-electron chi connectivity index (χ0n) is 28.9. The fourth-order valence-corrected chi connectivity index (χ4v) is 9.66. The van der Waals surface area contributed by atoms with Gasteiger partial charge >= 0.3 is 0 Å². The van der Waals surface area contributed by atoms with Gasteiger partial charge in [-0.1, -0.05) is 111 Å². The van der Waals surface area contributed by atoms with Crippen LogP contribution in [0.3, 0.4) is 0 Å². The Kier molecular flexibility index (Phi) is 6.65. The van der Waals surface area contributed by atoms with Crippen LogP contribution in [0.25, 0.3) is 59.1 Å². The summed E-state index contributed by atoms with van der Waals surface area (Å²) in [5.41, 5.74) is 16.3. The van der Waals surface area contributed by atoms with Gasteiger partial charge in [0.05, 0.1) is 15.7 Å². The number of thiophene rings is 1. The van der Waals surface area contributed by atoms with Crippen LogP contribution in [0, 0.1) is 6.92 Å². The molecule has 0 spiro atoms. The third-order valence-corrected chi connectivity index (χ3v) is 12.1. The van der Waals surface area contributed by atoms with E-state index in [1.165, 1.54) is 81.5 Å². The molecule has 0 amide bonds. The largest absolute Gasteiger partial charge is 0.310 e. The number of rotatable bonds is 5. The fraction of sp³-hybridized carbons (Fsp3) is 0.0833. The summed E-state index contributed by atoms with van der Waals surface area (Å²) < 4.78 is 5.10. The monoisotopic (exact) mass is 672 g/mol. The first-order valence-corrected chi connectivity index (χ1v) is 18.5. The highest BCUT2D eigenvalue weighted by atomic mass is 32.1. The molecule has 7 aromatic carbocycles. The van der Waals surface area contributed by atoms with Crippen molar-refractivity contribution in [1.82, 2.24) is 4.57 Å². The minimum Gasteiger partial charge on any atom is -0.310 e. The van der Waals surface area contributed by atoms with Crippen molar-refractivity contribution < 1.29 is 0 Å². The van der Waals surface area contributed by atoms with Crippen LogP contribution in [0.4, 0.5) is 17.1 Å². The van der Waals surface area contributed by atoms with E-state index < -0.39 is 0 Å². The molecule has 1 aliphatic carbocycles. The lowest BCUT2D eigenvalue weighted by molar-refractivity contribution is 0.660. The van der Waals surface area contributed by atoms with E-state index >= 15 is 0 Å². The molecule has 51 heavy (non-hydrogen) atoms. The van der Waals surface area contributed by atoms with Gasteiger partial charge in [0.1, 0.15) is 0 Å². The number of fused-ring (bicyclic) bond motifs is 8. The van der Waals surface area contributed by atoms with Gasteiger partial charge in [0.15, 0.2) is 0 Å². The average molecular weight is 673 g/mol. The number of para-hydroxylation sites is 2. The minimum atomic E-state index is -0.0675. The van der Waals surface area contributed by atoms with Gasteiger partial charge < -0.3 is 9.47 Å². The molecule has 10 rings (SSSR count). The Labute approximate surface area is 302 Å². The number of benzene rings is 7. The molecular weight excluding hydrogens is 637 g/mol. The van der Waals surface area contributed by atoms with Gasteiger partial charge in [0, 0.05) is 43.6 Å². The fourth-order valence-electron chi connectivity index (χ4n) is 8.45. The first-order valence-electron chi connectivity index (χ1n) is 17.7. The van der Waals surface area contributed by atoms with Gasteiger partial charge in [0.25, 0.3) is 0 Å². The van der Waals surface area contributed by atoms with E-state index in [0.717, 1.165) is 11.4 Å². The van der Waals surface area contributed by atoms with E-state index in [4.69, 9.17) is 0 Å². The summed E-state index contributed by atoms with van der Waals surface area (Å²) in [5, 5.41) is 2.60. The molecule has 2 nitrogen and oxygen atoms in total. The third kappa shape index (κ3) is 4.55. The summed E-state index contributed by atoms with van der Waals surface area (Å²) in [7, 11) is 0. The van der Waals surface area contributed by atoms with E-state index in [-0.39, 0.29) is 5.41 Å². The molecule has 0 aliphatic heterocycles. The highest BCUT2D eigenvalue weighted by Gasteiger charge is 2.35. The molecular formula is C48H36N2S. The van der Waals surface area contributed by atoms with E-state index in [0.29, 0.717) is 0 Å². The van der Waals surface area contributed by atoms with Gasteiger partial charge in [-0.2, -0.15) is 0 Å². The van der Waals surface area contributed by atoms with Crippen molar-refractivity contribution in [3.63, 3.8) is 0 Å². The Morgan fingerprint density at radius 3 is 2.00 bits per heavy atom. The van der Waals surface area contributed by atoms with Gasteiger partial charge in [-0.05, 0) is 113 Å². The van der Waals surface area contributed by atoms with Crippen molar-refractivity contribution in [3.8, 4) is 27.9 Å². The maximum atomic E-state index is 2.44. The second kappa shape index (κ2) is 11.3. The first kappa shape index (κ1) is 30.0. The van der Waals surface area contributed by atoms with Crippen molar-refractivity contribution >= 4 is 59.6 Å². The molecule has 0 saturated heterocycles. The van der Waals surface area contributed by atoms with Gasteiger partial charge in [-0.15, -0.1) is 11.3 Å². The topological polar surface area (TPSA) is 8.17 Å². The molecule has 0 bridgehead atoms. The quantitative estimate of drug-likeness (QED) is 0.177. The van der Waals surface area contributed by atoms with Crippen molar-refractivity contribution in [2.75, 3.05) is 4.90 Å². The SMILES string of the molecule is Cc1cc(N(c2ccccc2)c2ccc3c(c2)C(C)(C)c2ccccc2-3)ccc1-c1ccc2c(c1)c1sc3ccccc3c1n2-c1ccccc1. The number of nitrogens with zero attached hydrogens (tertiary/aromatic N) is 2. The lowest BCUT2D eigenvalue weighted by Crippen LogP contribution is -2.16. The van der Waals surface area contributed by atoms with Crippen LogP contribution in [0.15, 0.2) is 164 Å². The zero-order valence-corrected chi connectivity index (χ0v) is 29.7. The summed E-state index contributed by atoms with van der Waals surface area (Å²) in [6.45, 7) is 6.95. The molecule has 9 aromatic rings. The van der Waals surface area contributed by atoms with Crippen molar-refractivity contribution in [2.45, 2.75) is 26.2 Å². The standard InChI is InChI=1S/C48H36N2S/c1-31-28-35(49(33-14-6-4-7-15-33)36-24-26-39-38-18-10-12-20-42(38)48(2,3)43(39)30-36)23-25-37(31)32-22-27-44-41(29-32)47-46(40-19-11-13-21-45(40)51-47)50(44)34-16-8-5-9-17-34/h4-30H,1-3H3. The van der Waals surface area contributed by atoms with Crippen molar-refractivity contribution in [1.29, 1.82) is 0 Å². The average Bonchev–Trinajstić information content (AvgIpc) is 3.77. The highest BCUT2D eigenvalue weighted by Crippen LogP contribution is 2.51. The Morgan fingerprint density at radius 1 is 0.529 bits per heavy atom. The highest BCUT2D eigenvalue weighted by molar-refractivity contribution is 7.26. The maximum Gasteiger partial charge on any atom is 0.0727 e. The molecule has 3 heteroatoms. The normalized spacial score (nSPS) is 13.2. The maximum absolute atomic E-state index is 2.44. The van der Waals surface area contributed by atoms with Crippen LogP contribution in [0.2, 0.25) is 0 Å². The first-order chi connectivity index (χ1) is 25.0. The van der Waals surface area contributed by atoms with Crippen LogP contribution < -0.4 is 4.90 Å². The number of aryl methyl sites for hydroxylation is 1. The van der Waals surface area contributed by atoms with E-state index in [1.807, 2.05) is 11.3 Å². The second-order valence-electron chi connectivity index (χ2n) is 14.2. The predicted molar refractivity (Wildman–Crippen MR) is 219 cm³/mol. The zero-order chi connectivity index (χ0) is 34.3. The third-order valence-electron chi connectivity index (χ3n) is 10.9. The smallest absolute Gasteiger partial charge is 0.0727 e. The van der Waals surface area contributed by atoms with Crippen LogP contribution >= 0.6 is 11.3 Å². The molecule has 0 saturated carbocycles. The predicted octanol–water partition coefficient (Wildman–Crippen LogP) is 13.7. The molecule has 244 valence electrons. The summed E-state index contributed by atoms with van der Waals surface area (Å²) >= 11 is 1.89. The lowest BCUT2D eigenvalue weighted by atomic mass is 9.82. The Hall–Kier alpha value is -5.90. The summed E-state index contributed by atoms with van der Waals surface area (Å²) in [6.07, 6.45) is 0. The van der Waals surface area contributed by atoms with Gasteiger partial charge in [-0.25, -0.2) is 0 Å². The Morgan fingerprint density at radius 2 is 1.20 bits per heavy atom. The van der Waals surface area contributed by atoms with Gasteiger partial charge in [-0.3, -0.25) is 0 Å². The van der Waals surface area contributed by atoms with E-state index in [1.54, 1.807) is 0 Å². The Bertz CT molecular complexity index is 2790. The minimum absolute atomic E-state index is 0.0675. The van der Waals surface area contributed by atoms with E-state index in [9.17, 15) is 0 Å². The number of hydrogen-bond acceptors (Lipinski definition) is 2. The summed E-state index contributed by atoms with van der Waals surface area (Å²) in [4.78, 5) is 2.40. The summed E-state index contributed by atoms with van der Waals surface area (Å²) in [5.74, 6) is 0. The molecule has 0 N–H and O–H groups in total. The molecule has 2 heterocycles. The molecule has 0 atom stereocenters. The Balaban J connectivity index is 1.10. The molecule has 2 aromatic heterocycles. The molecule has 0 radical (unpaired) electrons. The number of hydrogen-bond donors (Lipinski definition) is 0. The van der Waals surface area contributed by atoms with Crippen LogP contribution in [-0.2, 0) is 5.41 Å².